The summed E-state index contributed by atoms with van der Waals surface area (Å²) in [6.45, 7) is -1.07. The summed E-state index contributed by atoms with van der Waals surface area (Å²) in [5, 5.41) is 20.7. The molecule has 1 saturated heterocycles. The summed E-state index contributed by atoms with van der Waals surface area (Å²) < 4.78 is 40.2. The van der Waals surface area contributed by atoms with E-state index < -0.39 is 61.3 Å². The van der Waals surface area contributed by atoms with Crippen molar-refractivity contribution >= 4 is 85.9 Å². The number of hydrogen-bond donors (Lipinski definition) is 7. The van der Waals surface area contributed by atoms with Crippen molar-refractivity contribution in [2.45, 2.75) is 32.2 Å². The van der Waals surface area contributed by atoms with Gasteiger partial charge in [0.05, 0.1) is 12.9 Å². The molecule has 1 fully saturated rings. The number of ether oxygens (including phenoxy) is 1. The molecule has 2 aromatic rings. The van der Waals surface area contributed by atoms with E-state index in [0.717, 1.165) is 6.33 Å². The highest BCUT2D eigenvalue weighted by atomic mass is 35.5. The van der Waals surface area contributed by atoms with E-state index in [4.69, 9.17) is 66.7 Å². The Balaban J connectivity index is 1.82. The van der Waals surface area contributed by atoms with Crippen molar-refractivity contribution < 1.29 is 52.7 Å². The number of halogens is 4. The molecule has 0 aliphatic carbocycles. The molecule has 1 aliphatic rings. The van der Waals surface area contributed by atoms with Crippen molar-refractivity contribution in [3.8, 4) is 0 Å². The van der Waals surface area contributed by atoms with E-state index in [9.17, 15) is 33.7 Å². The van der Waals surface area contributed by atoms with Crippen LogP contribution in [0.4, 0.5) is 5.82 Å². The van der Waals surface area contributed by atoms with Crippen LogP contribution in [0.15, 0.2) is 12.7 Å². The Morgan fingerprint density at radius 1 is 1.03 bits per heavy atom. The number of nitrogens with two attached hydrogens (primary N) is 1. The molecule has 3 heterocycles. The Morgan fingerprint density at radius 2 is 1.63 bits per heavy atom. The number of nitrogens with zero attached hydrogens (tertiary/aromatic N) is 4. The molecule has 23 heteroatoms. The Labute approximate surface area is 215 Å². The fourth-order valence-electron chi connectivity index (χ4n) is 2.91. The molecule has 0 spiro atoms. The van der Waals surface area contributed by atoms with E-state index in [0.29, 0.717) is 0 Å². The van der Waals surface area contributed by atoms with Gasteiger partial charge in [0.1, 0.15) is 30.2 Å². The second-order valence-electron chi connectivity index (χ2n) is 7.08. The molecular formula is C12H16Cl4N5O11P3. The summed E-state index contributed by atoms with van der Waals surface area (Å²) in [6.07, 6.45) is -4.06. The van der Waals surface area contributed by atoms with Crippen LogP contribution in [0.3, 0.4) is 0 Å². The lowest BCUT2D eigenvalue weighted by Crippen LogP contribution is -2.34. The SMILES string of the molecule is Nc1ncnc2c1ncn2[C@@H]1O[C@H](COP(=O)(O)C(Cl)(Cl)P(=O)(O)C(Cl)(Cl)P(=O)(O)O)[C@@H](O)[C@H]1O. The van der Waals surface area contributed by atoms with Crippen LogP contribution < -0.4 is 5.73 Å². The van der Waals surface area contributed by atoms with Gasteiger partial charge in [0.25, 0.3) is 15.0 Å². The van der Waals surface area contributed by atoms with Gasteiger partial charge in [0, 0.05) is 0 Å². The van der Waals surface area contributed by atoms with Crippen molar-refractivity contribution in [3.05, 3.63) is 12.7 Å². The van der Waals surface area contributed by atoms with Crippen LogP contribution in [-0.2, 0) is 23.0 Å². The van der Waals surface area contributed by atoms with Crippen LogP contribution in [0.1, 0.15) is 6.23 Å². The lowest BCUT2D eigenvalue weighted by atomic mass is 10.1. The van der Waals surface area contributed by atoms with Crippen molar-refractivity contribution in [1.82, 2.24) is 19.5 Å². The Morgan fingerprint density at radius 3 is 2.20 bits per heavy atom. The normalized spacial score (nSPS) is 27.6. The average molecular weight is 641 g/mol. The van der Waals surface area contributed by atoms with E-state index >= 15 is 0 Å². The third-order valence-corrected chi connectivity index (χ3v) is 16.7. The first kappa shape index (κ1) is 29.4. The molecule has 2 aromatic heterocycles. The highest BCUT2D eigenvalue weighted by molar-refractivity contribution is 7.91. The molecule has 35 heavy (non-hydrogen) atoms. The predicted molar refractivity (Wildman–Crippen MR) is 122 cm³/mol. The topological polar surface area (TPSA) is 261 Å². The van der Waals surface area contributed by atoms with Crippen molar-refractivity contribution in [2.24, 2.45) is 0 Å². The van der Waals surface area contributed by atoms with Gasteiger partial charge in [-0.2, -0.15) is 0 Å². The second-order valence-corrected chi connectivity index (χ2v) is 18.8. The predicted octanol–water partition coefficient (Wildman–Crippen LogP) is 0.856. The maximum Gasteiger partial charge on any atom is 0.374 e. The number of aromatic nitrogens is 4. The first-order valence-corrected chi connectivity index (χ1v) is 15.2. The van der Waals surface area contributed by atoms with Crippen LogP contribution >= 0.6 is 69.0 Å². The number of fused-ring (bicyclic) bond motifs is 1. The zero-order valence-electron chi connectivity index (χ0n) is 16.6. The van der Waals surface area contributed by atoms with Crippen LogP contribution in [0, 0.1) is 0 Å². The maximum atomic E-state index is 12.6. The van der Waals surface area contributed by atoms with Gasteiger partial charge in [-0.25, -0.2) is 15.0 Å². The van der Waals surface area contributed by atoms with E-state index in [1.807, 2.05) is 0 Å². The first-order chi connectivity index (χ1) is 15.8. The number of aliphatic hydroxyl groups excluding tert-OH is 2. The molecule has 0 saturated carbocycles. The molecule has 1 aliphatic heterocycles. The number of aliphatic hydroxyl groups is 2. The summed E-state index contributed by atoms with van der Waals surface area (Å²) in [4.78, 5) is 50.3. The standard InChI is InChI=1S/C12H16Cl4N5O11P3/c13-11(14,34(26,27)28)33(24,25)12(15,16)35(29,30)31-1-4-6(22)7(23)10(32-4)21-3-20-5-8(17)18-2-19-9(5)21/h2-4,6-7,10,22-23H,1H2,(H,24,25)(H,29,30)(H2,17,18,19)(H2,26,27,28)/t4-,6-,7-,10-/m1/s1. The first-order valence-electron chi connectivity index (χ1n) is 8.84. The minimum atomic E-state index is -6.04. The average Bonchev–Trinajstić information content (AvgIpc) is 3.28. The molecule has 0 aromatic carbocycles. The molecule has 8 N–H and O–H groups in total. The largest absolute Gasteiger partial charge is 0.387 e. The third kappa shape index (κ3) is 4.78. The zero-order chi connectivity index (χ0) is 26.8. The highest BCUT2D eigenvalue weighted by Gasteiger charge is 2.73. The van der Waals surface area contributed by atoms with Gasteiger partial charge in [-0.15, -0.1) is 0 Å². The molecule has 16 nitrogen and oxygen atoms in total. The van der Waals surface area contributed by atoms with Gasteiger partial charge >= 0.3 is 15.2 Å². The van der Waals surface area contributed by atoms with E-state index in [1.54, 1.807) is 0 Å². The monoisotopic (exact) mass is 639 g/mol. The number of anilines is 1. The quantitative estimate of drug-likeness (QED) is 0.156. The lowest BCUT2D eigenvalue weighted by Gasteiger charge is -2.35. The number of imidazole rings is 1. The summed E-state index contributed by atoms with van der Waals surface area (Å²) in [5.74, 6) is 0.0156. The van der Waals surface area contributed by atoms with Crippen LogP contribution in [0.25, 0.3) is 11.2 Å². The van der Waals surface area contributed by atoms with Crippen LogP contribution in [0.5, 0.6) is 0 Å². The van der Waals surface area contributed by atoms with Gasteiger partial charge in [-0.05, 0) is 0 Å². The molecule has 0 amide bonds. The number of nitrogen functional groups attached to an aromatic ring is 1. The number of alkyl halides is 4. The molecule has 0 bridgehead atoms. The van der Waals surface area contributed by atoms with Crippen molar-refractivity contribution in [3.63, 3.8) is 0 Å². The molecule has 6 atom stereocenters. The lowest BCUT2D eigenvalue weighted by molar-refractivity contribution is -0.0485. The van der Waals surface area contributed by atoms with E-state index in [1.165, 1.54) is 10.9 Å². The second kappa shape index (κ2) is 9.57. The maximum absolute atomic E-state index is 12.6. The molecular weight excluding hydrogens is 625 g/mol. The Kier molecular flexibility index (Phi) is 8.04. The van der Waals surface area contributed by atoms with Gasteiger partial charge in [0.2, 0.25) is 0 Å². The molecule has 0 radical (unpaired) electrons. The van der Waals surface area contributed by atoms with Gasteiger partial charge in [-0.1, -0.05) is 46.4 Å². The van der Waals surface area contributed by atoms with E-state index in [2.05, 4.69) is 19.5 Å². The summed E-state index contributed by atoms with van der Waals surface area (Å²) in [7, 11) is -17.6. The van der Waals surface area contributed by atoms with Crippen molar-refractivity contribution in [2.75, 3.05) is 12.3 Å². The minimum absolute atomic E-state index is 0.0156. The zero-order valence-corrected chi connectivity index (χ0v) is 22.3. The molecule has 2 unspecified atom stereocenters. The third-order valence-electron chi connectivity index (χ3n) is 4.83. The van der Waals surface area contributed by atoms with Gasteiger partial charge < -0.3 is 44.8 Å². The Bertz CT molecular complexity index is 1270. The van der Waals surface area contributed by atoms with Crippen LogP contribution in [0.2, 0.25) is 0 Å². The molecule has 198 valence electrons. The van der Waals surface area contributed by atoms with Gasteiger partial charge in [0.15, 0.2) is 17.7 Å². The number of rotatable bonds is 8. The fraction of sp³-hybridized carbons (Fsp3) is 0.583. The Hall–Kier alpha value is -0.120. The van der Waals surface area contributed by atoms with Crippen molar-refractivity contribution in [1.29, 1.82) is 0 Å². The fourth-order valence-corrected chi connectivity index (χ4v) is 10.9. The number of hydrogen-bond acceptors (Lipinski definition) is 11. The highest BCUT2D eigenvalue weighted by Crippen LogP contribution is 2.88. The summed E-state index contributed by atoms with van der Waals surface area (Å²) in [6, 6.07) is 0. The van der Waals surface area contributed by atoms with Gasteiger partial charge in [-0.3, -0.25) is 18.3 Å². The summed E-state index contributed by atoms with van der Waals surface area (Å²) >= 11 is 21.7. The summed E-state index contributed by atoms with van der Waals surface area (Å²) in [5.41, 5.74) is 5.96. The van der Waals surface area contributed by atoms with E-state index in [-0.39, 0.29) is 17.0 Å². The smallest absolute Gasteiger partial charge is 0.374 e. The molecule has 3 rings (SSSR count). The minimum Gasteiger partial charge on any atom is -0.387 e. The van der Waals surface area contributed by atoms with Crippen LogP contribution in [-0.4, -0.2) is 81.9 Å².